The lowest BCUT2D eigenvalue weighted by Gasteiger charge is -2.12. The number of amides is 2. The van der Waals surface area contributed by atoms with Crippen LogP contribution in [0.1, 0.15) is 0 Å². The minimum absolute atomic E-state index is 0.0772. The lowest BCUT2D eigenvalue weighted by Crippen LogP contribution is -2.42. The highest BCUT2D eigenvalue weighted by Gasteiger charge is 2.40. The fraction of sp³-hybridized carbons (Fsp3) is 0.300. The Morgan fingerprint density at radius 1 is 1.42 bits per heavy atom. The van der Waals surface area contributed by atoms with Crippen LogP contribution < -0.4 is 10.0 Å². The molecular formula is C10H11N3O5S. The van der Waals surface area contributed by atoms with E-state index in [2.05, 4.69) is 10.3 Å². The van der Waals surface area contributed by atoms with Crippen LogP contribution in [0.5, 0.6) is 0 Å². The van der Waals surface area contributed by atoms with Crippen LogP contribution in [0.4, 0.5) is 0 Å². The van der Waals surface area contributed by atoms with Gasteiger partial charge in [-0.3, -0.25) is 14.6 Å². The van der Waals surface area contributed by atoms with E-state index in [4.69, 9.17) is 0 Å². The molecule has 2 atom stereocenters. The van der Waals surface area contributed by atoms with E-state index < -0.39 is 33.9 Å². The molecule has 19 heavy (non-hydrogen) atoms. The van der Waals surface area contributed by atoms with Gasteiger partial charge < -0.3 is 10.4 Å². The molecule has 0 aliphatic carbocycles. The van der Waals surface area contributed by atoms with Gasteiger partial charge in [0.05, 0.1) is 11.0 Å². The number of rotatable bonds is 3. The summed E-state index contributed by atoms with van der Waals surface area (Å²) in [5, 5.41) is 11.7. The molecule has 1 fully saturated rings. The highest BCUT2D eigenvalue weighted by molar-refractivity contribution is 7.90. The van der Waals surface area contributed by atoms with Crippen molar-refractivity contribution in [2.24, 2.45) is 5.92 Å². The molecule has 0 saturated carbocycles. The summed E-state index contributed by atoms with van der Waals surface area (Å²) >= 11 is 0. The van der Waals surface area contributed by atoms with E-state index in [9.17, 15) is 23.1 Å². The maximum absolute atomic E-state index is 11.8. The molecule has 2 heterocycles. The Hall–Kier alpha value is -2.00. The normalized spacial score (nSPS) is 22.9. The Morgan fingerprint density at radius 2 is 2.05 bits per heavy atom. The number of sulfonamides is 1. The van der Waals surface area contributed by atoms with Gasteiger partial charge in [0.2, 0.25) is 11.8 Å². The smallest absolute Gasteiger partial charge is 0.264 e. The first-order chi connectivity index (χ1) is 8.92. The van der Waals surface area contributed by atoms with Crippen LogP contribution in [-0.4, -0.2) is 43.0 Å². The minimum atomic E-state index is -4.07. The molecule has 0 bridgehead atoms. The predicted octanol–water partition coefficient (Wildman–Crippen LogP) is -2.01. The van der Waals surface area contributed by atoms with Crippen molar-refractivity contribution in [3.05, 3.63) is 24.5 Å². The van der Waals surface area contributed by atoms with Crippen LogP contribution in [0, 0.1) is 5.92 Å². The Balaban J connectivity index is 2.17. The molecule has 3 N–H and O–H groups in total. The van der Waals surface area contributed by atoms with Gasteiger partial charge in [-0.2, -0.15) is 0 Å². The summed E-state index contributed by atoms with van der Waals surface area (Å²) in [6.45, 7) is -0.0772. The Kier molecular flexibility index (Phi) is 3.49. The summed E-state index contributed by atoms with van der Waals surface area (Å²) in [6.07, 6.45) is 1.28. The predicted molar refractivity (Wildman–Crippen MR) is 62.1 cm³/mol. The first-order valence-corrected chi connectivity index (χ1v) is 6.82. The summed E-state index contributed by atoms with van der Waals surface area (Å²) in [5.41, 5.74) is 0. The van der Waals surface area contributed by atoms with E-state index in [0.717, 1.165) is 0 Å². The fourth-order valence-corrected chi connectivity index (χ4v) is 2.66. The van der Waals surface area contributed by atoms with Crippen LogP contribution in [0.3, 0.4) is 0 Å². The van der Waals surface area contributed by atoms with E-state index in [0.29, 0.717) is 0 Å². The third-order valence-corrected chi connectivity index (χ3v) is 3.99. The van der Waals surface area contributed by atoms with Crippen LogP contribution in [0.15, 0.2) is 29.4 Å². The quantitative estimate of drug-likeness (QED) is 0.551. The number of nitrogens with zero attached hydrogens (tertiary/aromatic N) is 1. The van der Waals surface area contributed by atoms with Crippen molar-refractivity contribution in [3.63, 3.8) is 0 Å². The maximum atomic E-state index is 11.8. The average Bonchev–Trinajstić information content (AvgIpc) is 2.69. The fourth-order valence-electron chi connectivity index (χ4n) is 1.67. The van der Waals surface area contributed by atoms with E-state index in [1.165, 1.54) is 24.5 Å². The van der Waals surface area contributed by atoms with E-state index in [1.54, 1.807) is 4.72 Å². The van der Waals surface area contributed by atoms with Crippen molar-refractivity contribution in [2.75, 3.05) is 6.54 Å². The molecule has 1 saturated heterocycles. The van der Waals surface area contributed by atoms with Crippen LogP contribution in [-0.2, 0) is 19.6 Å². The molecule has 2 unspecified atom stereocenters. The largest absolute Gasteiger partial charge is 0.390 e. The molecule has 2 amide bonds. The SMILES string of the molecule is O=C1NCC(O)C1C(=O)NS(=O)(=O)c1ccncc1. The third-order valence-electron chi connectivity index (χ3n) is 2.63. The van der Waals surface area contributed by atoms with Gasteiger partial charge in [0, 0.05) is 18.9 Å². The second kappa shape index (κ2) is 4.94. The third kappa shape index (κ3) is 2.71. The maximum Gasteiger partial charge on any atom is 0.264 e. The number of aromatic nitrogens is 1. The van der Waals surface area contributed by atoms with E-state index in [1.807, 2.05) is 0 Å². The first-order valence-electron chi connectivity index (χ1n) is 5.34. The van der Waals surface area contributed by atoms with Gasteiger partial charge in [0.15, 0.2) is 0 Å². The molecule has 0 radical (unpaired) electrons. The number of aliphatic hydroxyl groups excluding tert-OH is 1. The van der Waals surface area contributed by atoms with Gasteiger partial charge in [-0.05, 0) is 12.1 Å². The number of β-amino-alcohol motifs (C(OH)–C–C–N with tert-alkyl or cyclic N) is 1. The summed E-state index contributed by atoms with van der Waals surface area (Å²) in [6, 6.07) is 2.42. The van der Waals surface area contributed by atoms with Gasteiger partial charge >= 0.3 is 0 Å². The minimum Gasteiger partial charge on any atom is -0.390 e. The molecule has 9 heteroatoms. The van der Waals surface area contributed by atoms with Crippen molar-refractivity contribution in [1.29, 1.82) is 0 Å². The molecular weight excluding hydrogens is 274 g/mol. The van der Waals surface area contributed by atoms with Gasteiger partial charge in [-0.25, -0.2) is 13.1 Å². The summed E-state index contributed by atoms with van der Waals surface area (Å²) in [7, 11) is -4.07. The Bertz CT molecular complexity index is 601. The highest BCUT2D eigenvalue weighted by atomic mass is 32.2. The molecule has 1 aliphatic heterocycles. The summed E-state index contributed by atoms with van der Waals surface area (Å²) in [5.74, 6) is -3.18. The Morgan fingerprint density at radius 3 is 2.58 bits per heavy atom. The van der Waals surface area contributed by atoms with Crippen molar-refractivity contribution in [1.82, 2.24) is 15.0 Å². The number of aliphatic hydroxyl groups is 1. The van der Waals surface area contributed by atoms with Gasteiger partial charge in [-0.15, -0.1) is 0 Å². The molecule has 2 rings (SSSR count). The summed E-state index contributed by atoms with van der Waals surface area (Å²) < 4.78 is 25.4. The van der Waals surface area contributed by atoms with Gasteiger partial charge in [0.1, 0.15) is 5.92 Å². The molecule has 8 nitrogen and oxygen atoms in total. The van der Waals surface area contributed by atoms with Crippen LogP contribution in [0.25, 0.3) is 0 Å². The number of nitrogens with one attached hydrogen (secondary N) is 2. The zero-order chi connectivity index (χ0) is 14.0. The number of carbonyl (C=O) groups is 2. The Labute approximate surface area is 108 Å². The molecule has 0 spiro atoms. The zero-order valence-electron chi connectivity index (χ0n) is 9.61. The van der Waals surface area contributed by atoms with Crippen molar-refractivity contribution >= 4 is 21.8 Å². The van der Waals surface area contributed by atoms with Crippen molar-refractivity contribution in [2.45, 2.75) is 11.0 Å². The van der Waals surface area contributed by atoms with Crippen LogP contribution in [0.2, 0.25) is 0 Å². The molecule has 1 aromatic heterocycles. The highest BCUT2D eigenvalue weighted by Crippen LogP contribution is 2.13. The van der Waals surface area contributed by atoms with Crippen molar-refractivity contribution < 1.29 is 23.1 Å². The second-order valence-electron chi connectivity index (χ2n) is 3.94. The van der Waals surface area contributed by atoms with Crippen molar-refractivity contribution in [3.8, 4) is 0 Å². The number of carbonyl (C=O) groups excluding carboxylic acids is 2. The van der Waals surface area contributed by atoms with E-state index >= 15 is 0 Å². The lowest BCUT2D eigenvalue weighted by molar-refractivity contribution is -0.134. The number of hydrogen-bond donors (Lipinski definition) is 3. The second-order valence-corrected chi connectivity index (χ2v) is 5.63. The number of pyridine rings is 1. The van der Waals surface area contributed by atoms with Gasteiger partial charge in [0.25, 0.3) is 10.0 Å². The van der Waals surface area contributed by atoms with Gasteiger partial charge in [-0.1, -0.05) is 0 Å². The monoisotopic (exact) mass is 285 g/mol. The first kappa shape index (κ1) is 13.4. The lowest BCUT2D eigenvalue weighted by atomic mass is 10.1. The number of hydrogen-bond acceptors (Lipinski definition) is 6. The molecule has 1 aromatic rings. The zero-order valence-corrected chi connectivity index (χ0v) is 10.4. The standard InChI is InChI=1S/C10H11N3O5S/c14-7-5-12-9(15)8(7)10(16)13-19(17,18)6-1-3-11-4-2-6/h1-4,7-8,14H,5H2,(H,12,15)(H,13,16). The summed E-state index contributed by atoms with van der Waals surface area (Å²) in [4.78, 5) is 26.5. The van der Waals surface area contributed by atoms with E-state index in [-0.39, 0.29) is 11.4 Å². The topological polar surface area (TPSA) is 125 Å². The molecule has 0 aromatic carbocycles. The van der Waals surface area contributed by atoms with Crippen LogP contribution >= 0.6 is 0 Å². The molecule has 102 valence electrons. The molecule has 1 aliphatic rings. The average molecular weight is 285 g/mol.